The molecule has 1 fully saturated rings. The Morgan fingerprint density at radius 3 is 2.41 bits per heavy atom. The second kappa shape index (κ2) is 13.9. The standard InChI is InChI=1S/C30H40N4O6S/c1-19-11-10-14-21(28(38)33(5)6)26(19)40-16-24(35)31-22(15-20-12-8-7-9-13-20)25(36)29(39)34-18-41-17-23(34)27(37)32-30(2,3)4/h7-14,22-23,25,36H,15-18H2,1-6H3,(H,31,35)(H,32,37)/t22-,23-,25-/m0/s1. The number of aliphatic hydroxyl groups is 1. The van der Waals surface area contributed by atoms with E-state index < -0.39 is 42.1 Å². The topological polar surface area (TPSA) is 128 Å². The van der Waals surface area contributed by atoms with E-state index in [2.05, 4.69) is 10.6 Å². The van der Waals surface area contributed by atoms with Crippen molar-refractivity contribution in [2.24, 2.45) is 0 Å². The lowest BCUT2D eigenvalue weighted by molar-refractivity contribution is -0.147. The van der Waals surface area contributed by atoms with Crippen molar-refractivity contribution >= 4 is 35.4 Å². The number of thioether (sulfide) groups is 1. The van der Waals surface area contributed by atoms with Crippen molar-refractivity contribution in [3.8, 4) is 5.75 Å². The van der Waals surface area contributed by atoms with Gasteiger partial charge in [0.2, 0.25) is 5.91 Å². The summed E-state index contributed by atoms with van der Waals surface area (Å²) in [6.07, 6.45) is -1.43. The van der Waals surface area contributed by atoms with E-state index in [1.807, 2.05) is 51.1 Å². The van der Waals surface area contributed by atoms with Crippen molar-refractivity contribution in [2.45, 2.75) is 57.8 Å². The molecule has 3 N–H and O–H groups in total. The number of nitrogens with one attached hydrogen (secondary N) is 2. The van der Waals surface area contributed by atoms with Gasteiger partial charge in [-0.3, -0.25) is 19.2 Å². The van der Waals surface area contributed by atoms with Crippen molar-refractivity contribution in [3.05, 3.63) is 65.2 Å². The molecule has 0 spiro atoms. The van der Waals surface area contributed by atoms with Crippen LogP contribution in [-0.4, -0.2) is 94.6 Å². The van der Waals surface area contributed by atoms with Gasteiger partial charge in [-0.1, -0.05) is 42.5 Å². The fourth-order valence-corrected chi connectivity index (χ4v) is 5.59. The number of amides is 4. The van der Waals surface area contributed by atoms with E-state index in [0.717, 1.165) is 5.56 Å². The average molecular weight is 585 g/mol. The van der Waals surface area contributed by atoms with Gasteiger partial charge in [0.25, 0.3) is 17.7 Å². The molecule has 41 heavy (non-hydrogen) atoms. The normalized spacial score (nSPS) is 16.5. The van der Waals surface area contributed by atoms with Crippen LogP contribution in [0.4, 0.5) is 0 Å². The third kappa shape index (κ3) is 8.71. The number of carbonyl (C=O) groups is 4. The average Bonchev–Trinajstić information content (AvgIpc) is 3.40. The maximum absolute atomic E-state index is 13.5. The largest absolute Gasteiger partial charge is 0.483 e. The van der Waals surface area contributed by atoms with Gasteiger partial charge in [-0.2, -0.15) is 0 Å². The Morgan fingerprint density at radius 1 is 1.10 bits per heavy atom. The summed E-state index contributed by atoms with van der Waals surface area (Å²) in [5.74, 6) is -0.801. The summed E-state index contributed by atoms with van der Waals surface area (Å²) in [6.45, 7) is 6.93. The van der Waals surface area contributed by atoms with Crippen LogP contribution in [0.5, 0.6) is 5.75 Å². The zero-order valence-corrected chi connectivity index (χ0v) is 25.3. The minimum Gasteiger partial charge on any atom is -0.483 e. The highest BCUT2D eigenvalue weighted by Crippen LogP contribution is 2.25. The Bertz CT molecular complexity index is 1250. The van der Waals surface area contributed by atoms with Crippen LogP contribution in [-0.2, 0) is 20.8 Å². The second-order valence-corrected chi connectivity index (χ2v) is 12.3. The molecule has 4 amide bonds. The predicted octanol–water partition coefficient (Wildman–Crippen LogP) is 1.98. The van der Waals surface area contributed by atoms with E-state index in [-0.39, 0.29) is 24.1 Å². The molecule has 2 aromatic carbocycles. The van der Waals surface area contributed by atoms with Crippen LogP contribution < -0.4 is 15.4 Å². The highest BCUT2D eigenvalue weighted by molar-refractivity contribution is 7.99. The van der Waals surface area contributed by atoms with E-state index >= 15 is 0 Å². The summed E-state index contributed by atoms with van der Waals surface area (Å²) in [4.78, 5) is 54.9. The van der Waals surface area contributed by atoms with Crippen molar-refractivity contribution in [2.75, 3.05) is 32.3 Å². The van der Waals surface area contributed by atoms with Gasteiger partial charge in [0, 0.05) is 25.4 Å². The third-order valence-electron chi connectivity index (χ3n) is 6.44. The number of hydrogen-bond donors (Lipinski definition) is 3. The smallest absolute Gasteiger partial charge is 0.258 e. The molecule has 0 bridgehead atoms. The van der Waals surface area contributed by atoms with E-state index in [1.54, 1.807) is 39.2 Å². The molecular formula is C30H40N4O6S. The second-order valence-electron chi connectivity index (χ2n) is 11.3. The number of carbonyl (C=O) groups excluding carboxylic acids is 4. The van der Waals surface area contributed by atoms with Crippen LogP contribution in [0, 0.1) is 6.92 Å². The summed E-state index contributed by atoms with van der Waals surface area (Å²) < 4.78 is 5.79. The minimum atomic E-state index is -1.60. The maximum atomic E-state index is 13.5. The molecule has 0 radical (unpaired) electrons. The summed E-state index contributed by atoms with van der Waals surface area (Å²) >= 11 is 1.43. The predicted molar refractivity (Wildman–Crippen MR) is 159 cm³/mol. The van der Waals surface area contributed by atoms with Crippen LogP contribution in [0.3, 0.4) is 0 Å². The monoisotopic (exact) mass is 584 g/mol. The first-order valence-corrected chi connectivity index (χ1v) is 14.6. The van der Waals surface area contributed by atoms with Crippen LogP contribution >= 0.6 is 11.8 Å². The molecule has 3 atom stereocenters. The Balaban J connectivity index is 1.77. The summed E-state index contributed by atoms with van der Waals surface area (Å²) in [7, 11) is 3.26. The SMILES string of the molecule is Cc1cccc(C(=O)N(C)C)c1OCC(=O)N[C@@H](Cc1ccccc1)[C@H](O)C(=O)N1CSC[C@H]1C(=O)NC(C)(C)C. The molecule has 0 saturated carbocycles. The Kier molecular flexibility index (Phi) is 10.8. The molecule has 1 saturated heterocycles. The number of ether oxygens (including phenoxy) is 1. The molecule has 1 aliphatic rings. The number of benzene rings is 2. The highest BCUT2D eigenvalue weighted by atomic mass is 32.2. The van der Waals surface area contributed by atoms with Gasteiger partial charge in [0.1, 0.15) is 11.8 Å². The molecule has 11 heteroatoms. The van der Waals surface area contributed by atoms with Gasteiger partial charge >= 0.3 is 0 Å². The van der Waals surface area contributed by atoms with E-state index in [9.17, 15) is 24.3 Å². The van der Waals surface area contributed by atoms with Crippen LogP contribution in [0.15, 0.2) is 48.5 Å². The number of aliphatic hydroxyl groups excluding tert-OH is 1. The molecular weight excluding hydrogens is 544 g/mol. The van der Waals surface area contributed by atoms with Gasteiger partial charge in [-0.05, 0) is 51.3 Å². The summed E-state index contributed by atoms with van der Waals surface area (Å²) in [5.41, 5.74) is 1.34. The number of aryl methyl sites for hydroxylation is 1. The Morgan fingerprint density at radius 2 is 1.78 bits per heavy atom. The fraction of sp³-hybridized carbons (Fsp3) is 0.467. The molecule has 0 unspecified atom stereocenters. The van der Waals surface area contributed by atoms with Crippen LogP contribution in [0.2, 0.25) is 0 Å². The highest BCUT2D eigenvalue weighted by Gasteiger charge is 2.40. The molecule has 1 aliphatic heterocycles. The molecule has 2 aromatic rings. The number of rotatable bonds is 10. The van der Waals surface area contributed by atoms with Gasteiger partial charge < -0.3 is 30.3 Å². The molecule has 0 aromatic heterocycles. The van der Waals surface area contributed by atoms with Crippen LogP contribution in [0.25, 0.3) is 0 Å². The first-order valence-electron chi connectivity index (χ1n) is 13.4. The van der Waals surface area contributed by atoms with Crippen molar-refractivity contribution in [1.82, 2.24) is 20.4 Å². The van der Waals surface area contributed by atoms with E-state index in [1.165, 1.54) is 21.6 Å². The van der Waals surface area contributed by atoms with Gasteiger partial charge in [0.05, 0.1) is 17.5 Å². The molecule has 3 rings (SSSR count). The molecule has 10 nitrogen and oxygen atoms in total. The summed E-state index contributed by atoms with van der Waals surface area (Å²) in [5, 5.41) is 16.9. The first kappa shape index (κ1) is 32.0. The van der Waals surface area contributed by atoms with Crippen LogP contribution in [0.1, 0.15) is 42.3 Å². The number of nitrogens with zero attached hydrogens (tertiary/aromatic N) is 2. The molecule has 222 valence electrons. The van der Waals surface area contributed by atoms with Gasteiger partial charge in [-0.25, -0.2) is 0 Å². The van der Waals surface area contributed by atoms with Crippen molar-refractivity contribution in [1.29, 1.82) is 0 Å². The number of hydrogen-bond acceptors (Lipinski definition) is 7. The fourth-order valence-electron chi connectivity index (χ4n) is 4.42. The van der Waals surface area contributed by atoms with Gasteiger partial charge in [0.15, 0.2) is 12.7 Å². The lowest BCUT2D eigenvalue weighted by atomic mass is 9.99. The maximum Gasteiger partial charge on any atom is 0.258 e. The zero-order valence-electron chi connectivity index (χ0n) is 24.5. The lowest BCUT2D eigenvalue weighted by Crippen LogP contribution is -2.58. The number of para-hydroxylation sites is 1. The molecule has 1 heterocycles. The lowest BCUT2D eigenvalue weighted by Gasteiger charge is -2.31. The van der Waals surface area contributed by atoms with E-state index in [0.29, 0.717) is 22.6 Å². The van der Waals surface area contributed by atoms with Crippen molar-refractivity contribution < 1.29 is 29.0 Å². The minimum absolute atomic E-state index is 0.175. The zero-order chi connectivity index (χ0) is 30.3. The van der Waals surface area contributed by atoms with E-state index in [4.69, 9.17) is 4.74 Å². The Labute approximate surface area is 245 Å². The summed E-state index contributed by atoms with van der Waals surface area (Å²) in [6, 6.07) is 12.6. The molecule has 0 aliphatic carbocycles. The Hall–Kier alpha value is -3.57. The first-order chi connectivity index (χ1) is 19.3. The van der Waals surface area contributed by atoms with Gasteiger partial charge in [-0.15, -0.1) is 11.8 Å². The van der Waals surface area contributed by atoms with Crippen molar-refractivity contribution in [3.63, 3.8) is 0 Å². The quantitative estimate of drug-likeness (QED) is 0.390. The third-order valence-corrected chi connectivity index (χ3v) is 7.45.